The van der Waals surface area contributed by atoms with Gasteiger partial charge in [-0.3, -0.25) is 14.0 Å². The van der Waals surface area contributed by atoms with Gasteiger partial charge in [-0.15, -0.1) is 0 Å². The van der Waals surface area contributed by atoms with Crippen molar-refractivity contribution in [3.05, 3.63) is 64.0 Å². The standard InChI is InChI=1S/C25H25F2N7O2/c1-13-10-33(12-20(36-13)15-9-28-34(11-15)17-5-6-17)25-30-21(18-7-4-16(26)8-19(18)27)22-23(31-25)24(35)32(3)14(2)29-22/h4,7-9,11,13,17,20H,5-6,10,12H2,1-3H3/t13-,20-/m1/s1. The maximum Gasteiger partial charge on any atom is 0.279 e. The Balaban J connectivity index is 1.47. The van der Waals surface area contributed by atoms with Crippen molar-refractivity contribution in [2.24, 2.45) is 7.05 Å². The molecule has 36 heavy (non-hydrogen) atoms. The van der Waals surface area contributed by atoms with Gasteiger partial charge in [0.1, 0.15) is 34.8 Å². The molecule has 1 aliphatic carbocycles. The maximum atomic E-state index is 14.9. The highest BCUT2D eigenvalue weighted by Crippen LogP contribution is 2.36. The molecule has 1 aromatic carbocycles. The van der Waals surface area contributed by atoms with Crippen molar-refractivity contribution in [2.45, 2.75) is 44.9 Å². The molecule has 2 atom stereocenters. The van der Waals surface area contributed by atoms with Crippen molar-refractivity contribution in [1.29, 1.82) is 0 Å². The minimum absolute atomic E-state index is 0.0498. The number of aromatic nitrogens is 6. The molecule has 4 aromatic rings. The lowest BCUT2D eigenvalue weighted by Crippen LogP contribution is -2.43. The van der Waals surface area contributed by atoms with Gasteiger partial charge < -0.3 is 9.64 Å². The molecule has 6 rings (SSSR count). The fourth-order valence-electron chi connectivity index (χ4n) is 4.61. The predicted molar refractivity (Wildman–Crippen MR) is 129 cm³/mol. The van der Waals surface area contributed by atoms with E-state index in [0.29, 0.717) is 25.0 Å². The van der Waals surface area contributed by atoms with Crippen LogP contribution < -0.4 is 10.5 Å². The zero-order valence-corrected chi connectivity index (χ0v) is 20.2. The van der Waals surface area contributed by atoms with E-state index in [2.05, 4.69) is 20.1 Å². The first-order valence-electron chi connectivity index (χ1n) is 11.9. The van der Waals surface area contributed by atoms with Crippen LogP contribution in [-0.4, -0.2) is 48.5 Å². The minimum atomic E-state index is -0.790. The second kappa shape index (κ2) is 8.44. The molecule has 4 heterocycles. The highest BCUT2D eigenvalue weighted by Gasteiger charge is 2.32. The summed E-state index contributed by atoms with van der Waals surface area (Å²) in [4.78, 5) is 28.8. The fourth-order valence-corrected chi connectivity index (χ4v) is 4.61. The van der Waals surface area contributed by atoms with Gasteiger partial charge in [0.25, 0.3) is 5.56 Å². The number of morpholine rings is 1. The average molecular weight is 494 g/mol. The van der Waals surface area contributed by atoms with Crippen LogP contribution in [0.1, 0.15) is 43.3 Å². The largest absolute Gasteiger partial charge is 0.367 e. The Hall–Kier alpha value is -3.73. The number of rotatable bonds is 4. The predicted octanol–water partition coefficient (Wildman–Crippen LogP) is 3.47. The van der Waals surface area contributed by atoms with Crippen molar-refractivity contribution >= 4 is 17.0 Å². The summed E-state index contributed by atoms with van der Waals surface area (Å²) >= 11 is 0. The quantitative estimate of drug-likeness (QED) is 0.430. The van der Waals surface area contributed by atoms with E-state index in [1.54, 1.807) is 14.0 Å². The third kappa shape index (κ3) is 3.93. The van der Waals surface area contributed by atoms with Gasteiger partial charge in [-0.2, -0.15) is 5.10 Å². The van der Waals surface area contributed by atoms with Gasteiger partial charge in [0.2, 0.25) is 5.95 Å². The van der Waals surface area contributed by atoms with Crippen molar-refractivity contribution in [2.75, 3.05) is 18.0 Å². The summed E-state index contributed by atoms with van der Waals surface area (Å²) in [5, 5.41) is 4.48. The van der Waals surface area contributed by atoms with E-state index in [0.717, 1.165) is 30.5 Å². The molecule has 3 aromatic heterocycles. The molecular formula is C25H25F2N7O2. The zero-order valence-electron chi connectivity index (χ0n) is 20.2. The lowest BCUT2D eigenvalue weighted by Gasteiger charge is -2.36. The first kappa shape index (κ1) is 22.7. The Bertz CT molecular complexity index is 1550. The number of nitrogens with zero attached hydrogens (tertiary/aromatic N) is 7. The number of aryl methyl sites for hydroxylation is 1. The normalized spacial score (nSPS) is 20.3. The Morgan fingerprint density at radius 2 is 1.89 bits per heavy atom. The van der Waals surface area contributed by atoms with E-state index in [4.69, 9.17) is 4.74 Å². The molecule has 2 aliphatic rings. The number of hydrogen-bond donors (Lipinski definition) is 0. The van der Waals surface area contributed by atoms with Crippen LogP contribution in [0.4, 0.5) is 14.7 Å². The van der Waals surface area contributed by atoms with Crippen molar-refractivity contribution in [3.8, 4) is 11.3 Å². The molecule has 0 radical (unpaired) electrons. The van der Waals surface area contributed by atoms with E-state index in [1.165, 1.54) is 10.6 Å². The molecule has 1 saturated carbocycles. The van der Waals surface area contributed by atoms with Gasteiger partial charge in [0.05, 0.1) is 24.9 Å². The monoisotopic (exact) mass is 493 g/mol. The Morgan fingerprint density at radius 3 is 2.64 bits per heavy atom. The summed E-state index contributed by atoms with van der Waals surface area (Å²) in [6.07, 6.45) is 5.67. The van der Waals surface area contributed by atoms with Gasteiger partial charge >= 0.3 is 0 Å². The molecule has 186 valence electrons. The summed E-state index contributed by atoms with van der Waals surface area (Å²) in [7, 11) is 1.61. The van der Waals surface area contributed by atoms with Crippen LogP contribution in [0.25, 0.3) is 22.3 Å². The summed E-state index contributed by atoms with van der Waals surface area (Å²) in [6.45, 7) is 4.53. The average Bonchev–Trinajstić information content (AvgIpc) is 3.58. The van der Waals surface area contributed by atoms with Crippen LogP contribution in [0.2, 0.25) is 0 Å². The Kier molecular flexibility index (Phi) is 5.32. The van der Waals surface area contributed by atoms with E-state index >= 15 is 0 Å². The molecule has 0 N–H and O–H groups in total. The first-order chi connectivity index (χ1) is 17.3. The molecule has 9 nitrogen and oxygen atoms in total. The molecular weight excluding hydrogens is 468 g/mol. The highest BCUT2D eigenvalue weighted by molar-refractivity contribution is 5.89. The van der Waals surface area contributed by atoms with E-state index in [1.807, 2.05) is 28.9 Å². The summed E-state index contributed by atoms with van der Waals surface area (Å²) in [6, 6.07) is 3.72. The third-order valence-electron chi connectivity index (χ3n) is 6.78. The number of halogens is 2. The highest BCUT2D eigenvalue weighted by atomic mass is 19.1. The van der Waals surface area contributed by atoms with E-state index in [9.17, 15) is 13.6 Å². The topological polar surface area (TPSA) is 91.0 Å². The maximum absolute atomic E-state index is 14.9. The molecule has 0 amide bonds. The Labute approximate surface area is 205 Å². The third-order valence-corrected chi connectivity index (χ3v) is 6.78. The van der Waals surface area contributed by atoms with Crippen molar-refractivity contribution in [3.63, 3.8) is 0 Å². The van der Waals surface area contributed by atoms with Crippen LogP contribution in [-0.2, 0) is 11.8 Å². The number of anilines is 1. The van der Waals surface area contributed by atoms with Gasteiger partial charge in [-0.25, -0.2) is 23.7 Å². The molecule has 2 fully saturated rings. The molecule has 0 spiro atoms. The molecule has 1 saturated heterocycles. The first-order valence-corrected chi connectivity index (χ1v) is 11.9. The van der Waals surface area contributed by atoms with Gasteiger partial charge in [0, 0.05) is 37.0 Å². The molecule has 0 unspecified atom stereocenters. The second-order valence-electron chi connectivity index (χ2n) is 9.54. The second-order valence-corrected chi connectivity index (χ2v) is 9.54. The molecule has 0 bridgehead atoms. The van der Waals surface area contributed by atoms with Gasteiger partial charge in [-0.1, -0.05) is 0 Å². The molecule has 1 aliphatic heterocycles. The SMILES string of the molecule is Cc1nc2c(-c3ccc(F)cc3F)nc(N3C[C@@H](C)O[C@@H](c4cnn(C5CC5)c4)C3)nc2c(=O)n1C. The number of ether oxygens (including phenoxy) is 1. The van der Waals surface area contributed by atoms with Gasteiger partial charge in [0.15, 0.2) is 5.52 Å². The number of fused-ring (bicyclic) bond motifs is 1. The lowest BCUT2D eigenvalue weighted by molar-refractivity contribution is -0.0178. The van der Waals surface area contributed by atoms with Crippen molar-refractivity contribution < 1.29 is 13.5 Å². The van der Waals surface area contributed by atoms with Crippen LogP contribution >= 0.6 is 0 Å². The van der Waals surface area contributed by atoms with Crippen molar-refractivity contribution in [1.82, 2.24) is 29.3 Å². The summed E-state index contributed by atoms with van der Waals surface area (Å²) in [5.41, 5.74) is 1.03. The van der Waals surface area contributed by atoms with Crippen LogP contribution in [0.15, 0.2) is 35.4 Å². The smallest absolute Gasteiger partial charge is 0.279 e. The summed E-state index contributed by atoms with van der Waals surface area (Å²) in [5.74, 6) is -0.799. The van der Waals surface area contributed by atoms with Crippen LogP contribution in [0, 0.1) is 18.6 Å². The zero-order chi connectivity index (χ0) is 25.1. The number of benzene rings is 1. The number of hydrogen-bond acceptors (Lipinski definition) is 7. The van der Waals surface area contributed by atoms with Crippen LogP contribution in [0.5, 0.6) is 0 Å². The van der Waals surface area contributed by atoms with E-state index < -0.39 is 11.6 Å². The van der Waals surface area contributed by atoms with Crippen LogP contribution in [0.3, 0.4) is 0 Å². The Morgan fingerprint density at radius 1 is 1.08 bits per heavy atom. The van der Waals surface area contributed by atoms with Gasteiger partial charge in [-0.05, 0) is 38.8 Å². The molecule has 11 heteroatoms. The fraction of sp³-hybridized carbons (Fsp3) is 0.400. The van der Waals surface area contributed by atoms with E-state index in [-0.39, 0.29) is 46.0 Å². The summed E-state index contributed by atoms with van der Waals surface area (Å²) < 4.78 is 38.1. The lowest BCUT2D eigenvalue weighted by atomic mass is 10.1. The minimum Gasteiger partial charge on any atom is -0.367 e.